The Morgan fingerprint density at radius 1 is 0.637 bits per heavy atom. The highest BCUT2D eigenvalue weighted by molar-refractivity contribution is 9.09. The lowest BCUT2D eigenvalue weighted by Crippen LogP contribution is -2.48. The number of ketones is 2. The number of anilines is 8. The van der Waals surface area contributed by atoms with Crippen molar-refractivity contribution >= 4 is 145 Å². The number of halogens is 2. The summed E-state index contributed by atoms with van der Waals surface area (Å²) in [5.41, 5.74) is 20.1. The minimum atomic E-state index is -0.0841. The minimum Gasteiger partial charge on any atom is -0.382 e. The zero-order valence-corrected chi connectivity index (χ0v) is 53.5. The van der Waals surface area contributed by atoms with Crippen molar-refractivity contribution in [1.82, 2.24) is 14.8 Å². The molecule has 4 fully saturated rings. The number of carbonyl (C=O) groups is 2. The van der Waals surface area contributed by atoms with Crippen LogP contribution in [0.5, 0.6) is 0 Å². The van der Waals surface area contributed by atoms with Gasteiger partial charge in [-0.3, -0.25) is 19.4 Å². The molecule has 6 N–H and O–H groups in total. The number of Topliss-reactive ketones (excluding diaryl/α,β-unsaturated/α-hetero) is 1. The average molecular weight is 1300 g/mol. The van der Waals surface area contributed by atoms with Gasteiger partial charge in [-0.15, -0.1) is 17.0 Å². The summed E-state index contributed by atoms with van der Waals surface area (Å²) in [6, 6.07) is 33.8. The lowest BCUT2D eigenvalue weighted by atomic mass is 10.1. The number of nitrogens with zero attached hydrogens (tertiary/aromatic N) is 8. The van der Waals surface area contributed by atoms with Gasteiger partial charge in [0.15, 0.2) is 21.2 Å². The maximum atomic E-state index is 13.1. The van der Waals surface area contributed by atoms with Crippen molar-refractivity contribution in [2.45, 2.75) is 100 Å². The number of rotatable bonds is 14. The van der Waals surface area contributed by atoms with E-state index in [0.717, 1.165) is 101 Å². The van der Waals surface area contributed by atoms with Crippen molar-refractivity contribution in [2.24, 2.45) is 10.7 Å². The molecule has 4 aliphatic heterocycles. The number of hydrogen-bond donors (Lipinski definition) is 4. The van der Waals surface area contributed by atoms with Gasteiger partial charge in [-0.25, -0.2) is 4.98 Å². The average Bonchev–Trinajstić information content (AvgIpc) is 3.83. The zero-order chi connectivity index (χ0) is 54.0. The Morgan fingerprint density at radius 3 is 1.43 bits per heavy atom. The van der Waals surface area contributed by atoms with Crippen molar-refractivity contribution in [2.75, 3.05) is 126 Å². The molecule has 14 nitrogen and oxygen atoms in total. The van der Waals surface area contributed by atoms with Gasteiger partial charge in [0, 0.05) is 136 Å². The predicted octanol–water partition coefficient (Wildman–Crippen LogP) is 13.4. The van der Waals surface area contributed by atoms with E-state index in [1.807, 2.05) is 55.5 Å². The van der Waals surface area contributed by atoms with E-state index in [-0.39, 0.29) is 59.1 Å². The number of thioether (sulfide) groups is 1. The van der Waals surface area contributed by atoms with E-state index in [0.29, 0.717) is 43.3 Å². The normalized spacial score (nSPS) is 15.8. The summed E-state index contributed by atoms with van der Waals surface area (Å²) >= 11 is 11.2. The number of nitrogen functional groups attached to an aromatic ring is 1. The van der Waals surface area contributed by atoms with Crippen LogP contribution in [-0.4, -0.2) is 138 Å². The van der Waals surface area contributed by atoms with Crippen LogP contribution < -0.4 is 41.7 Å². The largest absolute Gasteiger partial charge is 0.382 e. The third-order valence-electron chi connectivity index (χ3n) is 14.3. The van der Waals surface area contributed by atoms with Crippen LogP contribution in [0.15, 0.2) is 102 Å². The smallest absolute Gasteiger partial charge is 0.206 e. The molecular weight excluding hydrogens is 1210 g/mol. The first-order valence-corrected chi connectivity index (χ1v) is 30.4. The quantitative estimate of drug-likeness (QED) is 0.0208. The Morgan fingerprint density at radius 2 is 1.02 bits per heavy atom. The number of alkyl halides is 1. The highest BCUT2D eigenvalue weighted by Crippen LogP contribution is 2.32. The van der Waals surface area contributed by atoms with Crippen LogP contribution in [0.3, 0.4) is 0 Å². The third-order valence-corrected chi connectivity index (χ3v) is 16.7. The number of thiocarbonyl (C=S) groups is 1. The van der Waals surface area contributed by atoms with E-state index < -0.39 is 0 Å². The summed E-state index contributed by atoms with van der Waals surface area (Å²) in [5, 5.41) is 8.34. The molecule has 0 bridgehead atoms. The van der Waals surface area contributed by atoms with Crippen LogP contribution in [0.1, 0.15) is 114 Å². The van der Waals surface area contributed by atoms with Crippen LogP contribution in [0.4, 0.5) is 45.1 Å². The van der Waals surface area contributed by atoms with Crippen LogP contribution in [0.25, 0.3) is 0 Å². The molecular formula is C60H91Br2N12O2PS3. The molecule has 4 aromatic carbocycles. The van der Waals surface area contributed by atoms with Gasteiger partial charge in [-0.05, 0) is 181 Å². The number of piperazine rings is 2. The molecule has 9 rings (SSSR count). The van der Waals surface area contributed by atoms with Gasteiger partial charge in [-0.1, -0.05) is 60.8 Å². The third kappa shape index (κ3) is 20.8. The second kappa shape index (κ2) is 35.6. The summed E-state index contributed by atoms with van der Waals surface area (Å²) in [4.78, 5) is 48.3. The van der Waals surface area contributed by atoms with Crippen molar-refractivity contribution in [3.63, 3.8) is 0 Å². The number of nitrogens with one attached hydrogen (secondary N) is 2. The van der Waals surface area contributed by atoms with E-state index in [9.17, 15) is 9.59 Å². The molecule has 4 aliphatic rings. The molecule has 4 saturated heterocycles. The lowest BCUT2D eigenvalue weighted by Gasteiger charge is -2.38. The van der Waals surface area contributed by atoms with Crippen LogP contribution in [0, 0.1) is 0 Å². The summed E-state index contributed by atoms with van der Waals surface area (Å²) in [6.07, 6.45) is 7.66. The number of piperidine rings is 2. The highest BCUT2D eigenvalue weighted by atomic mass is 79.9. The van der Waals surface area contributed by atoms with Gasteiger partial charge in [0.1, 0.15) is 10.7 Å². The second-order valence-corrected chi connectivity index (χ2v) is 23.3. The molecule has 1 atom stereocenters. The second-order valence-electron chi connectivity index (χ2n) is 20.1. The number of aliphatic imine (C=N–C) groups is 1. The number of nitrogens with two attached hydrogens (primary N) is 2. The topological polar surface area (TPSA) is 155 Å². The first-order valence-electron chi connectivity index (χ1n) is 27.1. The number of hydrogen-bond acceptors (Lipinski definition) is 14. The molecule has 0 amide bonds. The SMILES string of the molecule is Br.C.C.CC(C)N1CCN(c2ccc(Nc3nc(N)c(C(=O)c4ccc(N5CCCCC5)cc4)s3)cc2)CC1.CCSC(N)=NC(=S)Nc1ccc(N2CCN(C(C)C)CC2)cc1.O=C(CBr)c1ccc(N2CCCCC2)cc1.P. The van der Waals surface area contributed by atoms with E-state index in [1.165, 1.54) is 84.4 Å². The Balaban J connectivity index is 0.000000332. The molecule has 0 spiro atoms. The highest BCUT2D eigenvalue weighted by Gasteiger charge is 2.22. The lowest BCUT2D eigenvalue weighted by molar-refractivity contribution is 0.102. The van der Waals surface area contributed by atoms with Crippen molar-refractivity contribution in [3.8, 4) is 0 Å². The van der Waals surface area contributed by atoms with E-state index in [1.54, 1.807) is 0 Å². The van der Waals surface area contributed by atoms with Crippen molar-refractivity contribution in [3.05, 3.63) is 113 Å². The molecule has 1 unspecified atom stereocenters. The molecule has 20 heteroatoms. The van der Waals surface area contributed by atoms with Gasteiger partial charge >= 0.3 is 0 Å². The summed E-state index contributed by atoms with van der Waals surface area (Å²) in [7, 11) is 0. The number of amidine groups is 1. The monoisotopic (exact) mass is 1300 g/mol. The number of thiazole rings is 1. The fourth-order valence-corrected chi connectivity index (χ4v) is 11.7. The standard InChI is InChI=1S/C28H36N6OS.C17H27N5S2.C13H16BrNO.2CH4.BrH.H3P/c1-20(2)32-16-18-34(19-17-32)24-12-8-22(9-13-24)30-28-31-27(29)26(36-28)25(35)21-6-10-23(11-7-21)33-14-4-3-5-15-33;1-4-24-16(18)20-17(23)19-14-5-7-15(8-6-14)22-11-9-21(10-12-22)13(2)3;14-10-13(16)11-4-6-12(7-5-11)15-8-2-1-3-9-15;;;;/h6-13,20H,3-5,14-19,29H2,1-2H3,(H,30,31);5-8,13H,4,9-12H2,1-3H3,(H3,18,19,20,23);4-7H,1-3,8-10H2;2*1H4;1H;1H3. The summed E-state index contributed by atoms with van der Waals surface area (Å²) in [6.45, 7) is 24.1. The zero-order valence-electron chi connectivity index (χ0n) is 46.3. The van der Waals surface area contributed by atoms with Gasteiger partial charge in [0.25, 0.3) is 0 Å². The maximum absolute atomic E-state index is 13.1. The Bertz CT molecular complexity index is 2640. The molecule has 0 saturated carbocycles. The molecule has 5 heterocycles. The van der Waals surface area contributed by atoms with E-state index in [2.05, 4.69) is 142 Å². The summed E-state index contributed by atoms with van der Waals surface area (Å²) < 4.78 is 0. The van der Waals surface area contributed by atoms with Gasteiger partial charge < -0.3 is 41.7 Å². The van der Waals surface area contributed by atoms with Crippen molar-refractivity contribution < 1.29 is 9.59 Å². The Hall–Kier alpha value is -4.33. The van der Waals surface area contributed by atoms with Gasteiger partial charge in [0.2, 0.25) is 5.78 Å². The first-order chi connectivity index (χ1) is 36.8. The fraction of sp³-hybridized carbons (Fsp3) is 0.483. The Labute approximate surface area is 515 Å². The summed E-state index contributed by atoms with van der Waals surface area (Å²) in [5.74, 6) is 1.22. The minimum absolute atomic E-state index is 0. The fourth-order valence-electron chi connectivity index (χ4n) is 9.80. The van der Waals surface area contributed by atoms with Gasteiger partial charge in [0.05, 0.1) is 5.33 Å². The van der Waals surface area contributed by atoms with E-state index in [4.69, 9.17) is 23.7 Å². The molecule has 5 aromatic rings. The van der Waals surface area contributed by atoms with Crippen molar-refractivity contribution in [1.29, 1.82) is 0 Å². The maximum Gasteiger partial charge on any atom is 0.206 e. The number of benzene rings is 4. The predicted molar refractivity (Wildman–Crippen MR) is 368 cm³/mol. The molecule has 0 radical (unpaired) electrons. The first kappa shape index (κ1) is 69.9. The molecule has 0 aliphatic carbocycles. The van der Waals surface area contributed by atoms with Crippen LogP contribution in [-0.2, 0) is 0 Å². The van der Waals surface area contributed by atoms with E-state index >= 15 is 0 Å². The van der Waals surface area contributed by atoms with Gasteiger partial charge in [-0.2, -0.15) is 14.9 Å². The van der Waals surface area contributed by atoms with Crippen LogP contribution in [0.2, 0.25) is 0 Å². The molecule has 440 valence electrons. The number of carbonyl (C=O) groups excluding carboxylic acids is 2. The number of aromatic nitrogens is 1. The molecule has 80 heavy (non-hydrogen) atoms. The Kier molecular flexibility index (Phi) is 31.1. The van der Waals surface area contributed by atoms with Crippen LogP contribution >= 0.6 is 78.1 Å². The molecule has 1 aromatic heterocycles.